The smallest absolute Gasteiger partial charge is 0.416 e. The highest BCUT2D eigenvalue weighted by molar-refractivity contribution is 6.38. The van der Waals surface area contributed by atoms with Crippen molar-refractivity contribution in [3.8, 4) is 0 Å². The quantitative estimate of drug-likeness (QED) is 0.151. The first kappa shape index (κ1) is 37.8. The number of amides is 4. The highest BCUT2D eigenvalue weighted by atomic mass is 35.5. The van der Waals surface area contributed by atoms with Gasteiger partial charge in [0.2, 0.25) is 17.7 Å². The number of benzene rings is 2. The Kier molecular flexibility index (Phi) is 11.8. The number of aromatic amines is 1. The molecule has 0 fully saturated rings. The molecule has 3 aromatic rings. The molecule has 1 aromatic heterocycles. The molecule has 4 rings (SSSR count). The zero-order valence-electron chi connectivity index (χ0n) is 27.5. The number of hydrogen-bond donors (Lipinski definition) is 5. The van der Waals surface area contributed by atoms with E-state index in [-0.39, 0.29) is 24.3 Å². The Labute approximate surface area is 292 Å². The molecule has 5 atom stereocenters. The molecular formula is C34H40Cl2F3N5O5. The van der Waals surface area contributed by atoms with Crippen molar-refractivity contribution in [1.82, 2.24) is 20.9 Å². The Bertz CT molecular complexity index is 1730. The molecule has 4 amide bonds. The van der Waals surface area contributed by atoms with E-state index in [1.54, 1.807) is 32.9 Å². The number of rotatable bonds is 12. The summed E-state index contributed by atoms with van der Waals surface area (Å²) in [5, 5.41) is 9.62. The lowest BCUT2D eigenvalue weighted by atomic mass is 9.78. The van der Waals surface area contributed by atoms with E-state index in [9.17, 15) is 32.3 Å². The summed E-state index contributed by atoms with van der Waals surface area (Å²) in [6.45, 7) is 6.68. The molecule has 0 saturated carbocycles. The molecule has 2 unspecified atom stereocenters. The van der Waals surface area contributed by atoms with Gasteiger partial charge in [-0.05, 0) is 60.1 Å². The summed E-state index contributed by atoms with van der Waals surface area (Å²) in [4.78, 5) is 57.0. The number of aromatic nitrogens is 1. The van der Waals surface area contributed by atoms with Crippen LogP contribution in [0.1, 0.15) is 69.3 Å². The molecule has 0 aliphatic heterocycles. The van der Waals surface area contributed by atoms with Crippen LogP contribution in [0.5, 0.6) is 0 Å². The van der Waals surface area contributed by atoms with E-state index in [1.165, 1.54) is 12.1 Å². The monoisotopic (exact) mass is 725 g/mol. The highest BCUT2D eigenvalue weighted by Crippen LogP contribution is 2.38. The number of carbonyl (C=O) groups is 4. The van der Waals surface area contributed by atoms with Crippen LogP contribution in [0.4, 0.5) is 18.0 Å². The van der Waals surface area contributed by atoms with Crippen LogP contribution in [-0.2, 0) is 44.7 Å². The van der Waals surface area contributed by atoms with Crippen LogP contribution in [0.15, 0.2) is 36.4 Å². The standard InChI is InChI=1S/C34H40Cl2F3N5O5/c1-5-17(3)26(29(40)45)42-31(47)33(11-10-25-23(15-33)22-13-21(35)14-24(36)28(22)41-25)44-30(46)27(18(4)6-2)43-32(48)49-16-19-8-7-9-20(12-19)34(37,38)39/h7-9,12-14,17-18,26-27,41H,5-6,10-11,15-16H2,1-4H3,(H2,40,45)(H,42,47)(H,43,48)(H,44,46)/t17?,18?,26-,27-,33+/m0/s1. The molecule has 0 bridgehead atoms. The third-order valence-electron chi connectivity index (χ3n) is 9.30. The Hall–Kier alpha value is -3.97. The van der Waals surface area contributed by atoms with Gasteiger partial charge in [-0.25, -0.2) is 4.79 Å². The number of halogens is 5. The number of fused-ring (bicyclic) bond motifs is 3. The Balaban J connectivity index is 1.63. The number of nitrogens with one attached hydrogen (secondary N) is 4. The number of carbonyl (C=O) groups excluding carboxylic acids is 4. The zero-order valence-corrected chi connectivity index (χ0v) is 29.0. The molecule has 1 heterocycles. The number of primary amides is 1. The second kappa shape index (κ2) is 15.3. The Morgan fingerprint density at radius 3 is 2.33 bits per heavy atom. The van der Waals surface area contributed by atoms with Crippen LogP contribution in [0, 0.1) is 11.8 Å². The summed E-state index contributed by atoms with van der Waals surface area (Å²) in [5.74, 6) is -2.81. The third kappa shape index (κ3) is 8.61. The lowest BCUT2D eigenvalue weighted by Gasteiger charge is -2.39. The summed E-state index contributed by atoms with van der Waals surface area (Å²) < 4.78 is 44.6. The highest BCUT2D eigenvalue weighted by Gasteiger charge is 2.47. The fourth-order valence-corrected chi connectivity index (χ4v) is 6.55. The largest absolute Gasteiger partial charge is 0.445 e. The molecule has 1 aliphatic rings. The van der Waals surface area contributed by atoms with Crippen molar-refractivity contribution < 1.29 is 37.1 Å². The maximum Gasteiger partial charge on any atom is 0.416 e. The number of nitrogens with two attached hydrogens (primary N) is 1. The second-order valence-corrected chi connectivity index (χ2v) is 13.5. The van der Waals surface area contributed by atoms with Crippen molar-refractivity contribution in [3.05, 3.63) is 68.8 Å². The molecule has 2 aromatic carbocycles. The molecule has 0 radical (unpaired) electrons. The first-order chi connectivity index (χ1) is 23.0. The van der Waals surface area contributed by atoms with E-state index < -0.39 is 65.7 Å². The predicted molar refractivity (Wildman–Crippen MR) is 180 cm³/mol. The number of hydrogen-bond acceptors (Lipinski definition) is 5. The van der Waals surface area contributed by atoms with Crippen LogP contribution in [0.2, 0.25) is 10.0 Å². The van der Waals surface area contributed by atoms with E-state index in [2.05, 4.69) is 20.9 Å². The molecule has 10 nitrogen and oxygen atoms in total. The van der Waals surface area contributed by atoms with Crippen molar-refractivity contribution in [1.29, 1.82) is 0 Å². The van der Waals surface area contributed by atoms with Gasteiger partial charge in [-0.3, -0.25) is 14.4 Å². The van der Waals surface area contributed by atoms with Crippen molar-refractivity contribution in [2.45, 2.75) is 90.2 Å². The van der Waals surface area contributed by atoms with Gasteiger partial charge in [0.05, 0.1) is 16.1 Å². The number of alkyl carbamates (subject to hydrolysis) is 1. The van der Waals surface area contributed by atoms with Crippen molar-refractivity contribution in [3.63, 3.8) is 0 Å². The number of alkyl halides is 3. The van der Waals surface area contributed by atoms with Gasteiger partial charge in [0.15, 0.2) is 0 Å². The second-order valence-electron chi connectivity index (χ2n) is 12.7. The molecule has 6 N–H and O–H groups in total. The first-order valence-corrected chi connectivity index (χ1v) is 16.7. The fraction of sp³-hybridized carbons (Fsp3) is 0.471. The number of H-pyrrole nitrogens is 1. The number of ether oxygens (including phenoxy) is 1. The third-order valence-corrected chi connectivity index (χ3v) is 9.81. The lowest BCUT2D eigenvalue weighted by Crippen LogP contribution is -2.67. The molecule has 0 saturated heterocycles. The van der Waals surface area contributed by atoms with Crippen LogP contribution in [0.25, 0.3) is 10.9 Å². The van der Waals surface area contributed by atoms with Gasteiger partial charge >= 0.3 is 12.3 Å². The molecular weight excluding hydrogens is 686 g/mol. The molecule has 15 heteroatoms. The van der Waals surface area contributed by atoms with Gasteiger partial charge in [0.1, 0.15) is 24.2 Å². The predicted octanol–water partition coefficient (Wildman–Crippen LogP) is 6.19. The summed E-state index contributed by atoms with van der Waals surface area (Å²) in [7, 11) is 0. The molecule has 266 valence electrons. The lowest BCUT2D eigenvalue weighted by molar-refractivity contribution is -0.138. The van der Waals surface area contributed by atoms with Gasteiger partial charge in [-0.2, -0.15) is 13.2 Å². The van der Waals surface area contributed by atoms with Crippen LogP contribution in [0.3, 0.4) is 0 Å². The van der Waals surface area contributed by atoms with Crippen molar-refractivity contribution in [2.24, 2.45) is 17.6 Å². The minimum absolute atomic E-state index is 0.00418. The zero-order chi connectivity index (χ0) is 36.3. The van der Waals surface area contributed by atoms with E-state index in [4.69, 9.17) is 33.7 Å². The van der Waals surface area contributed by atoms with Gasteiger partial charge in [-0.15, -0.1) is 0 Å². The van der Waals surface area contributed by atoms with Crippen molar-refractivity contribution in [2.75, 3.05) is 0 Å². The summed E-state index contributed by atoms with van der Waals surface area (Å²) in [5.41, 5.74) is 5.42. The SMILES string of the molecule is CCC(C)[C@H](NC(=O)[C@@]1(NC(=O)[C@@H](NC(=O)OCc2cccc(C(F)(F)F)c2)C(C)CC)CCc2[nH]c3c(Cl)cc(Cl)cc3c2C1)C(N)=O. The summed E-state index contributed by atoms with van der Waals surface area (Å²) in [6, 6.07) is 5.44. The fourth-order valence-electron chi connectivity index (χ4n) is 6.01. The number of aryl methyl sites for hydroxylation is 1. The van der Waals surface area contributed by atoms with E-state index in [0.717, 1.165) is 17.8 Å². The maximum atomic E-state index is 14.2. The van der Waals surface area contributed by atoms with E-state index in [1.807, 2.05) is 6.92 Å². The summed E-state index contributed by atoms with van der Waals surface area (Å²) in [6.07, 6.45) is -4.20. The first-order valence-electron chi connectivity index (χ1n) is 16.0. The maximum absolute atomic E-state index is 14.2. The van der Waals surface area contributed by atoms with Crippen LogP contribution >= 0.6 is 23.2 Å². The molecule has 1 aliphatic carbocycles. The van der Waals surface area contributed by atoms with Crippen LogP contribution < -0.4 is 21.7 Å². The average Bonchev–Trinajstić information content (AvgIpc) is 3.41. The van der Waals surface area contributed by atoms with Gasteiger partial charge in [0, 0.05) is 22.5 Å². The van der Waals surface area contributed by atoms with Gasteiger partial charge in [-0.1, -0.05) is 75.9 Å². The summed E-state index contributed by atoms with van der Waals surface area (Å²) >= 11 is 12.8. The normalized spacial score (nSPS) is 18.5. The minimum Gasteiger partial charge on any atom is -0.445 e. The molecule has 49 heavy (non-hydrogen) atoms. The van der Waals surface area contributed by atoms with Crippen LogP contribution in [-0.4, -0.2) is 46.4 Å². The van der Waals surface area contributed by atoms with Gasteiger partial charge in [0.25, 0.3) is 0 Å². The topological polar surface area (TPSA) is 155 Å². The van der Waals surface area contributed by atoms with Crippen molar-refractivity contribution >= 4 is 57.9 Å². The Morgan fingerprint density at radius 2 is 1.69 bits per heavy atom. The Morgan fingerprint density at radius 1 is 1.02 bits per heavy atom. The average molecular weight is 727 g/mol. The van der Waals surface area contributed by atoms with E-state index >= 15 is 0 Å². The van der Waals surface area contributed by atoms with E-state index in [0.29, 0.717) is 45.8 Å². The van der Waals surface area contributed by atoms with Gasteiger partial charge < -0.3 is 31.4 Å². The molecule has 0 spiro atoms. The minimum atomic E-state index is -4.57.